The maximum atomic E-state index is 12.6. The largest absolute Gasteiger partial charge is 0.497 e. The smallest absolute Gasteiger partial charge is 0.239 e. The number of nitrogens with zero attached hydrogens (tertiary/aromatic N) is 1. The van der Waals surface area contributed by atoms with Gasteiger partial charge in [-0.05, 0) is 36.6 Å². The molecule has 5 heteroatoms. The van der Waals surface area contributed by atoms with Crippen LogP contribution in [0.3, 0.4) is 0 Å². The lowest BCUT2D eigenvalue weighted by Crippen LogP contribution is -2.48. The van der Waals surface area contributed by atoms with Gasteiger partial charge in [0.05, 0.1) is 25.3 Å². The molecule has 2 aromatic carbocycles. The number of amides is 1. The number of nitrogens with two attached hydrogens (primary N) is 1. The maximum absolute atomic E-state index is 12.6. The van der Waals surface area contributed by atoms with Gasteiger partial charge in [-0.3, -0.25) is 4.79 Å². The number of carbonyl (C=O) groups is 1. The number of hydrogen-bond donors (Lipinski definition) is 2. The Morgan fingerprint density at radius 1 is 1.20 bits per heavy atom. The SMILES string of the molecule is COc1cccc(C[C@H](N)C(=O)N(C)[C@H](C)[C@H](O)c2ccccc2)c1. The van der Waals surface area contributed by atoms with E-state index < -0.39 is 12.1 Å². The van der Waals surface area contributed by atoms with Crippen molar-refractivity contribution >= 4 is 5.91 Å². The first-order valence-electron chi connectivity index (χ1n) is 8.32. The van der Waals surface area contributed by atoms with E-state index in [1.165, 1.54) is 4.90 Å². The van der Waals surface area contributed by atoms with Crippen LogP contribution in [0, 0.1) is 0 Å². The fourth-order valence-corrected chi connectivity index (χ4v) is 2.74. The van der Waals surface area contributed by atoms with Crippen molar-refractivity contribution in [3.05, 3.63) is 65.7 Å². The molecule has 134 valence electrons. The predicted octanol–water partition coefficient (Wildman–Crippen LogP) is 2.15. The molecule has 25 heavy (non-hydrogen) atoms. The van der Waals surface area contributed by atoms with E-state index in [0.717, 1.165) is 16.9 Å². The highest BCUT2D eigenvalue weighted by atomic mass is 16.5. The summed E-state index contributed by atoms with van der Waals surface area (Å²) in [5.41, 5.74) is 7.81. The Labute approximate surface area is 149 Å². The van der Waals surface area contributed by atoms with Gasteiger partial charge in [-0.2, -0.15) is 0 Å². The molecule has 0 heterocycles. The third kappa shape index (κ3) is 4.81. The molecule has 2 aromatic rings. The van der Waals surface area contributed by atoms with E-state index in [4.69, 9.17) is 10.5 Å². The van der Waals surface area contributed by atoms with Gasteiger partial charge in [0.15, 0.2) is 0 Å². The van der Waals surface area contributed by atoms with Crippen LogP contribution in [-0.4, -0.2) is 42.2 Å². The van der Waals surface area contributed by atoms with Gasteiger partial charge >= 0.3 is 0 Å². The predicted molar refractivity (Wildman–Crippen MR) is 98.3 cm³/mol. The van der Waals surface area contributed by atoms with Gasteiger partial charge in [-0.1, -0.05) is 42.5 Å². The summed E-state index contributed by atoms with van der Waals surface area (Å²) in [6.07, 6.45) is -0.353. The first-order chi connectivity index (χ1) is 11.9. The molecule has 0 saturated heterocycles. The van der Waals surface area contributed by atoms with Crippen LogP contribution in [0.25, 0.3) is 0 Å². The van der Waals surface area contributed by atoms with Gasteiger partial charge < -0.3 is 20.5 Å². The monoisotopic (exact) mass is 342 g/mol. The minimum atomic E-state index is -0.765. The fourth-order valence-electron chi connectivity index (χ4n) is 2.74. The van der Waals surface area contributed by atoms with Crippen LogP contribution >= 0.6 is 0 Å². The van der Waals surface area contributed by atoms with Crippen molar-refractivity contribution in [1.82, 2.24) is 4.90 Å². The average Bonchev–Trinajstić information content (AvgIpc) is 2.66. The summed E-state index contributed by atoms with van der Waals surface area (Å²) in [6, 6.07) is 15.7. The molecular weight excluding hydrogens is 316 g/mol. The summed E-state index contributed by atoms with van der Waals surface area (Å²) < 4.78 is 5.19. The Morgan fingerprint density at radius 2 is 1.88 bits per heavy atom. The van der Waals surface area contributed by atoms with Gasteiger partial charge in [-0.25, -0.2) is 0 Å². The second kappa shape index (κ2) is 8.65. The van der Waals surface area contributed by atoms with E-state index in [0.29, 0.717) is 6.42 Å². The van der Waals surface area contributed by atoms with E-state index in [1.54, 1.807) is 14.2 Å². The molecule has 0 aliphatic carbocycles. The average molecular weight is 342 g/mol. The summed E-state index contributed by atoms with van der Waals surface area (Å²) in [5.74, 6) is 0.531. The van der Waals surface area contributed by atoms with Crippen LogP contribution in [0.1, 0.15) is 24.2 Å². The van der Waals surface area contributed by atoms with E-state index in [-0.39, 0.29) is 11.9 Å². The van der Waals surface area contributed by atoms with Crippen molar-refractivity contribution in [3.63, 3.8) is 0 Å². The number of benzene rings is 2. The van der Waals surface area contributed by atoms with Crippen LogP contribution in [0.5, 0.6) is 5.75 Å². The van der Waals surface area contributed by atoms with Crippen LogP contribution in [0.2, 0.25) is 0 Å². The van der Waals surface area contributed by atoms with Crippen molar-refractivity contribution in [2.45, 2.75) is 31.5 Å². The molecule has 0 spiro atoms. The molecule has 0 bridgehead atoms. The third-order valence-corrected chi connectivity index (χ3v) is 4.46. The minimum absolute atomic E-state index is 0.203. The van der Waals surface area contributed by atoms with E-state index >= 15 is 0 Å². The summed E-state index contributed by atoms with van der Waals surface area (Å²) in [5, 5.41) is 10.5. The Kier molecular flexibility index (Phi) is 6.56. The molecule has 5 nitrogen and oxygen atoms in total. The minimum Gasteiger partial charge on any atom is -0.497 e. The van der Waals surface area contributed by atoms with Crippen molar-refractivity contribution in [2.75, 3.05) is 14.2 Å². The number of likely N-dealkylation sites (N-methyl/N-ethyl adjacent to an activating group) is 1. The highest BCUT2D eigenvalue weighted by molar-refractivity contribution is 5.82. The number of hydrogen-bond acceptors (Lipinski definition) is 4. The Morgan fingerprint density at radius 3 is 2.52 bits per heavy atom. The number of aliphatic hydroxyl groups excluding tert-OH is 1. The topological polar surface area (TPSA) is 75.8 Å². The first kappa shape index (κ1) is 19.0. The molecule has 3 N–H and O–H groups in total. The Balaban J connectivity index is 2.02. The summed E-state index contributed by atoms with van der Waals surface area (Å²) in [7, 11) is 3.27. The molecule has 0 aliphatic rings. The lowest BCUT2D eigenvalue weighted by Gasteiger charge is -2.31. The van der Waals surface area contributed by atoms with Crippen molar-refractivity contribution in [1.29, 1.82) is 0 Å². The zero-order chi connectivity index (χ0) is 18.4. The molecule has 0 aromatic heterocycles. The van der Waals surface area contributed by atoms with E-state index in [2.05, 4.69) is 0 Å². The van der Waals surface area contributed by atoms with Gasteiger partial charge in [0.25, 0.3) is 0 Å². The van der Waals surface area contributed by atoms with Gasteiger partial charge in [-0.15, -0.1) is 0 Å². The third-order valence-electron chi connectivity index (χ3n) is 4.46. The van der Waals surface area contributed by atoms with Crippen LogP contribution in [0.15, 0.2) is 54.6 Å². The quantitative estimate of drug-likeness (QED) is 0.808. The Bertz CT molecular complexity index is 690. The molecule has 1 amide bonds. The van der Waals surface area contributed by atoms with E-state index in [1.807, 2.05) is 61.5 Å². The van der Waals surface area contributed by atoms with Crippen LogP contribution in [-0.2, 0) is 11.2 Å². The van der Waals surface area contributed by atoms with Crippen molar-refractivity contribution < 1.29 is 14.6 Å². The molecule has 0 unspecified atom stereocenters. The van der Waals surface area contributed by atoms with Gasteiger partial charge in [0.1, 0.15) is 5.75 Å². The second-order valence-corrected chi connectivity index (χ2v) is 6.21. The summed E-state index contributed by atoms with van der Waals surface area (Å²) in [4.78, 5) is 14.2. The van der Waals surface area contributed by atoms with Crippen molar-refractivity contribution in [3.8, 4) is 5.75 Å². The van der Waals surface area contributed by atoms with Gasteiger partial charge in [0.2, 0.25) is 5.91 Å². The fraction of sp³-hybridized carbons (Fsp3) is 0.350. The number of methoxy groups -OCH3 is 1. The highest BCUT2D eigenvalue weighted by Crippen LogP contribution is 2.21. The number of ether oxygens (including phenoxy) is 1. The molecular formula is C20H26N2O3. The molecule has 3 atom stereocenters. The number of carbonyl (C=O) groups excluding carboxylic acids is 1. The molecule has 0 fully saturated rings. The summed E-state index contributed by atoms with van der Waals surface area (Å²) in [6.45, 7) is 1.81. The maximum Gasteiger partial charge on any atom is 0.239 e. The standard InChI is InChI=1S/C20H26N2O3/c1-14(19(23)16-9-5-4-6-10-16)22(2)20(24)18(21)13-15-8-7-11-17(12-15)25-3/h4-12,14,18-19,23H,13,21H2,1-3H3/t14-,18+,19+/m1/s1. The van der Waals surface area contributed by atoms with Crippen LogP contribution < -0.4 is 10.5 Å². The van der Waals surface area contributed by atoms with Crippen LogP contribution in [0.4, 0.5) is 0 Å². The van der Waals surface area contributed by atoms with Gasteiger partial charge in [0, 0.05) is 7.05 Å². The number of rotatable bonds is 7. The lowest BCUT2D eigenvalue weighted by atomic mass is 10.0. The Hall–Kier alpha value is -2.37. The first-order valence-corrected chi connectivity index (χ1v) is 8.32. The van der Waals surface area contributed by atoms with Crippen molar-refractivity contribution in [2.24, 2.45) is 5.73 Å². The number of aliphatic hydroxyl groups is 1. The molecule has 0 aliphatic heterocycles. The normalized spacial score (nSPS) is 14.4. The summed E-state index contributed by atoms with van der Waals surface area (Å²) >= 11 is 0. The highest BCUT2D eigenvalue weighted by Gasteiger charge is 2.27. The molecule has 2 rings (SSSR count). The molecule has 0 radical (unpaired) electrons. The van der Waals surface area contributed by atoms with E-state index in [9.17, 15) is 9.90 Å². The zero-order valence-corrected chi connectivity index (χ0v) is 14.9. The molecule has 0 saturated carbocycles. The lowest BCUT2D eigenvalue weighted by molar-refractivity contribution is -0.135. The second-order valence-electron chi connectivity index (χ2n) is 6.21. The zero-order valence-electron chi connectivity index (χ0n) is 14.9.